The Morgan fingerprint density at radius 3 is 1.73 bits per heavy atom. The Kier molecular flexibility index (Phi) is 16.2. The Hall–Kier alpha value is -0.800. The highest BCUT2D eigenvalue weighted by Crippen LogP contribution is 2.26. The molecule has 1 heterocycles. The van der Waals surface area contributed by atoms with Gasteiger partial charge in [-0.15, -0.1) is 0 Å². The Morgan fingerprint density at radius 1 is 0.833 bits per heavy atom. The fourth-order valence-electron chi connectivity index (χ4n) is 4.90. The molecule has 0 aromatic carbocycles. The fourth-order valence-corrected chi connectivity index (χ4v) is 4.90. The summed E-state index contributed by atoms with van der Waals surface area (Å²) in [6, 6.07) is 0. The van der Waals surface area contributed by atoms with Gasteiger partial charge in [0.15, 0.2) is 12.4 Å². The Bertz CT molecular complexity index is 446. The normalized spacial score (nSPS) is 22.1. The summed E-state index contributed by atoms with van der Waals surface area (Å²) in [5.41, 5.74) is 0. The topological polar surface area (TPSA) is 32.3 Å². The van der Waals surface area contributed by atoms with Crippen LogP contribution in [0.25, 0.3) is 0 Å². The van der Waals surface area contributed by atoms with Crippen molar-refractivity contribution in [3.63, 3.8) is 0 Å². The van der Waals surface area contributed by atoms with Crippen molar-refractivity contribution >= 4 is 0 Å². The monoisotopic (exact) mass is 421 g/mol. The van der Waals surface area contributed by atoms with E-state index in [1.54, 1.807) is 0 Å². The summed E-state index contributed by atoms with van der Waals surface area (Å²) in [4.78, 5) is 0. The SMILES string of the molecule is C/C=C/CCCCCCCCCCCCCCCCCC1NC=C[N+]1(CC)C(C)O. The molecule has 2 N–H and O–H groups in total. The van der Waals surface area contributed by atoms with E-state index in [1.165, 1.54) is 103 Å². The molecule has 0 fully saturated rings. The van der Waals surface area contributed by atoms with Crippen molar-refractivity contribution in [1.82, 2.24) is 5.32 Å². The first kappa shape index (κ1) is 27.2. The standard InChI is InChI=1S/C27H53N2O/c1-4-6-7-8-9-10-11-12-13-14-15-16-17-18-19-20-21-22-23-27-28-24-25-29(27,5-2)26(3)30/h4,6,24-28,30H,5,7-23H2,1-3H3/q+1/b6-4+. The Morgan fingerprint density at radius 2 is 1.30 bits per heavy atom. The molecule has 0 bridgehead atoms. The van der Waals surface area contributed by atoms with Gasteiger partial charge in [-0.2, -0.15) is 0 Å². The first-order valence-electron chi connectivity index (χ1n) is 13.3. The molecule has 176 valence electrons. The van der Waals surface area contributed by atoms with Gasteiger partial charge >= 0.3 is 0 Å². The van der Waals surface area contributed by atoms with E-state index < -0.39 is 0 Å². The average molecular weight is 422 g/mol. The van der Waals surface area contributed by atoms with E-state index in [4.69, 9.17) is 0 Å². The molecule has 0 saturated heterocycles. The average Bonchev–Trinajstić information content (AvgIpc) is 3.17. The molecule has 0 radical (unpaired) electrons. The van der Waals surface area contributed by atoms with Gasteiger partial charge < -0.3 is 10.4 Å². The van der Waals surface area contributed by atoms with Gasteiger partial charge in [0.05, 0.1) is 12.7 Å². The van der Waals surface area contributed by atoms with Crippen LogP contribution in [-0.4, -0.2) is 28.5 Å². The summed E-state index contributed by atoms with van der Waals surface area (Å²) in [7, 11) is 0. The first-order valence-corrected chi connectivity index (χ1v) is 13.3. The van der Waals surface area contributed by atoms with Crippen LogP contribution in [0.15, 0.2) is 24.6 Å². The number of quaternary nitrogens is 1. The third kappa shape index (κ3) is 11.0. The third-order valence-electron chi connectivity index (χ3n) is 7.05. The van der Waals surface area contributed by atoms with Gasteiger partial charge in [0.25, 0.3) is 0 Å². The van der Waals surface area contributed by atoms with Crippen molar-refractivity contribution < 1.29 is 9.59 Å². The molecule has 0 aromatic heterocycles. The molecule has 3 heteroatoms. The molecule has 0 aliphatic carbocycles. The van der Waals surface area contributed by atoms with Crippen molar-refractivity contribution in [1.29, 1.82) is 0 Å². The molecule has 3 unspecified atom stereocenters. The lowest BCUT2D eigenvalue weighted by molar-refractivity contribution is -0.942. The van der Waals surface area contributed by atoms with Crippen molar-refractivity contribution in [3.05, 3.63) is 24.6 Å². The lowest BCUT2D eigenvalue weighted by Crippen LogP contribution is -2.57. The summed E-state index contributed by atoms with van der Waals surface area (Å²) < 4.78 is 0.677. The number of unbranched alkanes of at least 4 members (excludes halogenated alkanes) is 15. The highest BCUT2D eigenvalue weighted by Gasteiger charge is 2.40. The second-order valence-electron chi connectivity index (χ2n) is 9.39. The van der Waals surface area contributed by atoms with Crippen LogP contribution in [0.2, 0.25) is 0 Å². The van der Waals surface area contributed by atoms with E-state index in [0.29, 0.717) is 10.6 Å². The lowest BCUT2D eigenvalue weighted by Gasteiger charge is -2.39. The molecular formula is C27H53N2O+. The van der Waals surface area contributed by atoms with Crippen LogP contribution in [0.3, 0.4) is 0 Å². The summed E-state index contributed by atoms with van der Waals surface area (Å²) in [6.45, 7) is 7.15. The summed E-state index contributed by atoms with van der Waals surface area (Å²) in [5, 5.41) is 13.7. The maximum absolute atomic E-state index is 10.2. The number of nitrogens with zero attached hydrogens (tertiary/aromatic N) is 1. The molecular weight excluding hydrogens is 368 g/mol. The van der Waals surface area contributed by atoms with E-state index >= 15 is 0 Å². The number of aliphatic hydroxyl groups excluding tert-OH is 1. The number of nitrogens with one attached hydrogen (secondary N) is 1. The smallest absolute Gasteiger partial charge is 0.193 e. The quantitative estimate of drug-likeness (QED) is 0.119. The molecule has 1 aliphatic rings. The van der Waals surface area contributed by atoms with Crippen LogP contribution in [0.4, 0.5) is 0 Å². The minimum Gasteiger partial charge on any atom is -0.345 e. The van der Waals surface area contributed by atoms with E-state index in [0.717, 1.165) is 13.0 Å². The predicted molar refractivity (Wildman–Crippen MR) is 132 cm³/mol. The molecule has 3 atom stereocenters. The van der Waals surface area contributed by atoms with Crippen LogP contribution in [0, 0.1) is 0 Å². The largest absolute Gasteiger partial charge is 0.345 e. The highest BCUT2D eigenvalue weighted by atomic mass is 16.3. The van der Waals surface area contributed by atoms with Gasteiger partial charge in [-0.3, -0.25) is 4.48 Å². The molecule has 1 aliphatic heterocycles. The minimum absolute atomic E-state index is 0.334. The van der Waals surface area contributed by atoms with Crippen molar-refractivity contribution in [2.45, 2.75) is 142 Å². The zero-order chi connectivity index (χ0) is 21.9. The fraction of sp³-hybridized carbons (Fsp3) is 0.852. The van der Waals surface area contributed by atoms with Gasteiger partial charge in [-0.25, -0.2) is 0 Å². The van der Waals surface area contributed by atoms with E-state index in [9.17, 15) is 5.11 Å². The lowest BCUT2D eigenvalue weighted by atomic mass is 10.0. The van der Waals surface area contributed by atoms with Gasteiger partial charge in [0.1, 0.15) is 6.20 Å². The second-order valence-corrected chi connectivity index (χ2v) is 9.39. The molecule has 1 rings (SSSR count). The van der Waals surface area contributed by atoms with E-state index in [2.05, 4.69) is 37.5 Å². The van der Waals surface area contributed by atoms with E-state index in [1.807, 2.05) is 13.1 Å². The van der Waals surface area contributed by atoms with Crippen molar-refractivity contribution in [2.75, 3.05) is 6.54 Å². The molecule has 30 heavy (non-hydrogen) atoms. The predicted octanol–water partition coefficient (Wildman–Crippen LogP) is 7.77. The van der Waals surface area contributed by atoms with Crippen LogP contribution in [-0.2, 0) is 0 Å². The molecule has 0 amide bonds. The summed E-state index contributed by atoms with van der Waals surface area (Å²) in [6.07, 6.45) is 32.2. The second kappa shape index (κ2) is 17.8. The van der Waals surface area contributed by atoms with Gasteiger partial charge in [0, 0.05) is 13.3 Å². The number of allylic oxidation sites excluding steroid dienone is 2. The third-order valence-corrected chi connectivity index (χ3v) is 7.05. The van der Waals surface area contributed by atoms with Crippen LogP contribution in [0.1, 0.15) is 130 Å². The minimum atomic E-state index is -0.334. The number of aliphatic hydroxyl groups is 1. The van der Waals surface area contributed by atoms with Crippen LogP contribution < -0.4 is 5.32 Å². The summed E-state index contributed by atoms with van der Waals surface area (Å²) in [5.74, 6) is 0. The zero-order valence-corrected chi connectivity index (χ0v) is 20.6. The van der Waals surface area contributed by atoms with Crippen molar-refractivity contribution in [3.8, 4) is 0 Å². The van der Waals surface area contributed by atoms with Crippen LogP contribution in [0.5, 0.6) is 0 Å². The number of rotatable bonds is 20. The molecule has 0 spiro atoms. The van der Waals surface area contributed by atoms with Gasteiger partial charge in [-0.05, 0) is 33.1 Å². The number of hydrogen-bond acceptors (Lipinski definition) is 2. The van der Waals surface area contributed by atoms with Gasteiger partial charge in [-0.1, -0.05) is 95.6 Å². The molecule has 0 aromatic rings. The Labute approximate surface area is 188 Å². The van der Waals surface area contributed by atoms with E-state index in [-0.39, 0.29) is 6.23 Å². The first-order chi connectivity index (χ1) is 14.7. The maximum Gasteiger partial charge on any atom is 0.193 e. The number of hydrogen-bond donors (Lipinski definition) is 2. The Balaban J connectivity index is 1.83. The molecule has 3 nitrogen and oxygen atoms in total. The van der Waals surface area contributed by atoms with Crippen molar-refractivity contribution in [2.24, 2.45) is 0 Å². The highest BCUT2D eigenvalue weighted by molar-refractivity contribution is 4.84. The maximum atomic E-state index is 10.2. The van der Waals surface area contributed by atoms with Crippen LogP contribution >= 0.6 is 0 Å². The van der Waals surface area contributed by atoms with Gasteiger partial charge in [0.2, 0.25) is 0 Å². The molecule has 0 saturated carbocycles. The summed E-state index contributed by atoms with van der Waals surface area (Å²) >= 11 is 0. The zero-order valence-electron chi connectivity index (χ0n) is 20.6.